The van der Waals surface area contributed by atoms with E-state index in [-0.39, 0.29) is 17.3 Å². The predicted octanol–water partition coefficient (Wildman–Crippen LogP) is 4.11. The molecule has 0 aliphatic carbocycles. The van der Waals surface area contributed by atoms with Crippen LogP contribution in [0.25, 0.3) is 11.3 Å². The van der Waals surface area contributed by atoms with Gasteiger partial charge in [-0.3, -0.25) is 0 Å². The van der Waals surface area contributed by atoms with Crippen molar-refractivity contribution < 1.29 is 26.3 Å². The third-order valence-electron chi connectivity index (χ3n) is 2.38. The summed E-state index contributed by atoms with van der Waals surface area (Å²) in [6, 6.07) is 1.34. The van der Waals surface area contributed by atoms with Crippen molar-refractivity contribution >= 4 is 0 Å². The number of hydrogen-bond donors (Lipinski definition) is 1. The van der Waals surface area contributed by atoms with Gasteiger partial charge in [-0.1, -0.05) is 0 Å². The van der Waals surface area contributed by atoms with Crippen LogP contribution < -0.4 is 0 Å². The zero-order valence-corrected chi connectivity index (χ0v) is 9.10. The first-order valence-electron chi connectivity index (χ1n) is 4.96. The fourth-order valence-electron chi connectivity index (χ4n) is 1.52. The minimum atomic E-state index is -4.85. The number of nitrogens with one attached hydrogen (secondary N) is 1. The normalized spacial score (nSPS) is 12.7. The number of benzene rings is 1. The molecule has 2 aromatic rings. The Morgan fingerprint density at radius 1 is 0.842 bits per heavy atom. The third-order valence-corrected chi connectivity index (χ3v) is 2.38. The minimum Gasteiger partial charge on any atom is -0.351 e. The summed E-state index contributed by atoms with van der Waals surface area (Å²) in [6.45, 7) is 0. The lowest BCUT2D eigenvalue weighted by atomic mass is 10.0. The minimum absolute atomic E-state index is 0.0107. The van der Waals surface area contributed by atoms with Gasteiger partial charge in [0.05, 0.1) is 23.1 Å². The molecule has 0 fully saturated rings. The lowest BCUT2D eigenvalue weighted by molar-refractivity contribution is -0.143. The first kappa shape index (κ1) is 13.4. The molecular formula is C11H6F6N2. The Balaban J connectivity index is 2.62. The van der Waals surface area contributed by atoms with E-state index in [1.165, 1.54) is 12.5 Å². The second kappa shape index (κ2) is 4.29. The van der Waals surface area contributed by atoms with Crippen molar-refractivity contribution in [3.8, 4) is 11.3 Å². The number of hydrogen-bond acceptors (Lipinski definition) is 1. The molecule has 0 aliphatic heterocycles. The van der Waals surface area contributed by atoms with Crippen LogP contribution in [0.1, 0.15) is 11.1 Å². The highest BCUT2D eigenvalue weighted by atomic mass is 19.4. The van der Waals surface area contributed by atoms with Crippen LogP contribution in [-0.4, -0.2) is 9.97 Å². The molecule has 19 heavy (non-hydrogen) atoms. The Hall–Kier alpha value is -1.99. The molecule has 2 rings (SSSR count). The molecule has 0 saturated heterocycles. The van der Waals surface area contributed by atoms with Gasteiger partial charge in [0.25, 0.3) is 0 Å². The zero-order chi connectivity index (χ0) is 14.3. The number of nitrogens with zero attached hydrogens (tertiary/aromatic N) is 1. The number of rotatable bonds is 1. The maximum Gasteiger partial charge on any atom is 0.416 e. The molecule has 0 aliphatic rings. The van der Waals surface area contributed by atoms with Crippen LogP contribution in [-0.2, 0) is 12.4 Å². The molecule has 8 heteroatoms. The molecule has 0 spiro atoms. The van der Waals surface area contributed by atoms with E-state index in [0.29, 0.717) is 12.1 Å². The zero-order valence-electron chi connectivity index (χ0n) is 9.10. The maximum absolute atomic E-state index is 12.6. The van der Waals surface area contributed by atoms with E-state index in [1.54, 1.807) is 0 Å². The van der Waals surface area contributed by atoms with Gasteiger partial charge in [0, 0.05) is 11.8 Å². The molecule has 0 radical (unpaired) electrons. The van der Waals surface area contributed by atoms with Gasteiger partial charge in [0.15, 0.2) is 0 Å². The third kappa shape index (κ3) is 2.88. The van der Waals surface area contributed by atoms with Crippen molar-refractivity contribution in [2.45, 2.75) is 12.4 Å². The summed E-state index contributed by atoms with van der Waals surface area (Å²) in [5.41, 5.74) is -2.96. The van der Waals surface area contributed by atoms with Crippen LogP contribution >= 0.6 is 0 Å². The molecule has 102 valence electrons. The fraction of sp³-hybridized carbons (Fsp3) is 0.182. The molecule has 0 atom stereocenters. The van der Waals surface area contributed by atoms with E-state index in [0.717, 1.165) is 0 Å². The van der Waals surface area contributed by atoms with Crippen molar-refractivity contribution in [3.05, 3.63) is 41.9 Å². The Labute approximate surface area is 103 Å². The van der Waals surface area contributed by atoms with Crippen molar-refractivity contribution in [3.63, 3.8) is 0 Å². The van der Waals surface area contributed by atoms with E-state index >= 15 is 0 Å². The van der Waals surface area contributed by atoms with Gasteiger partial charge in [0.1, 0.15) is 0 Å². The van der Waals surface area contributed by atoms with Crippen LogP contribution in [0.2, 0.25) is 0 Å². The molecule has 0 unspecified atom stereocenters. The number of halogens is 6. The predicted molar refractivity (Wildman–Crippen MR) is 54.0 cm³/mol. The van der Waals surface area contributed by atoms with Crippen LogP contribution in [0.5, 0.6) is 0 Å². The summed E-state index contributed by atoms with van der Waals surface area (Å²) in [5, 5.41) is 0. The van der Waals surface area contributed by atoms with Gasteiger partial charge in [-0.05, 0) is 18.2 Å². The second-order valence-corrected chi connectivity index (χ2v) is 3.75. The van der Waals surface area contributed by atoms with Crippen LogP contribution in [0, 0.1) is 0 Å². The summed E-state index contributed by atoms with van der Waals surface area (Å²) in [6.07, 6.45) is -7.32. The Morgan fingerprint density at radius 3 is 1.74 bits per heavy atom. The average molecular weight is 280 g/mol. The van der Waals surface area contributed by atoms with Gasteiger partial charge in [-0.25, -0.2) is 4.98 Å². The van der Waals surface area contributed by atoms with Crippen LogP contribution in [0.4, 0.5) is 26.3 Å². The molecule has 0 saturated carbocycles. The first-order valence-corrected chi connectivity index (χ1v) is 4.96. The largest absolute Gasteiger partial charge is 0.416 e. The smallest absolute Gasteiger partial charge is 0.351 e. The van der Waals surface area contributed by atoms with E-state index in [1.807, 2.05) is 0 Å². The van der Waals surface area contributed by atoms with Crippen LogP contribution in [0.3, 0.4) is 0 Å². The van der Waals surface area contributed by atoms with Gasteiger partial charge in [0.2, 0.25) is 0 Å². The quantitative estimate of drug-likeness (QED) is 0.782. The lowest BCUT2D eigenvalue weighted by Crippen LogP contribution is -2.11. The highest BCUT2D eigenvalue weighted by Crippen LogP contribution is 2.38. The van der Waals surface area contributed by atoms with Crippen molar-refractivity contribution in [1.82, 2.24) is 9.97 Å². The SMILES string of the molecule is FC(F)(F)c1cc(-c2c[nH]cn2)cc(C(F)(F)F)c1. The Morgan fingerprint density at radius 2 is 1.37 bits per heavy atom. The summed E-state index contributed by atoms with van der Waals surface area (Å²) < 4.78 is 75.5. The van der Waals surface area contributed by atoms with Gasteiger partial charge in [-0.2, -0.15) is 26.3 Å². The van der Waals surface area contributed by atoms with E-state index in [9.17, 15) is 26.3 Å². The number of H-pyrrole nitrogens is 1. The average Bonchev–Trinajstić information content (AvgIpc) is 2.79. The first-order chi connectivity index (χ1) is 8.68. The molecule has 1 aromatic carbocycles. The van der Waals surface area contributed by atoms with Crippen LogP contribution in [0.15, 0.2) is 30.7 Å². The van der Waals surface area contributed by atoms with Gasteiger partial charge in [-0.15, -0.1) is 0 Å². The van der Waals surface area contributed by atoms with E-state index < -0.39 is 23.5 Å². The van der Waals surface area contributed by atoms with E-state index in [2.05, 4.69) is 9.97 Å². The van der Waals surface area contributed by atoms with Gasteiger partial charge >= 0.3 is 12.4 Å². The van der Waals surface area contributed by atoms with Crippen molar-refractivity contribution in [1.29, 1.82) is 0 Å². The van der Waals surface area contributed by atoms with Crippen molar-refractivity contribution in [2.24, 2.45) is 0 Å². The molecule has 0 amide bonds. The summed E-state index contributed by atoms with van der Waals surface area (Å²) in [5.74, 6) is 0. The Kier molecular flexibility index (Phi) is 3.03. The summed E-state index contributed by atoms with van der Waals surface area (Å²) >= 11 is 0. The Bertz CT molecular complexity index is 536. The van der Waals surface area contributed by atoms with E-state index in [4.69, 9.17) is 0 Å². The highest BCUT2D eigenvalue weighted by molar-refractivity contribution is 5.61. The monoisotopic (exact) mass is 280 g/mol. The standard InChI is InChI=1S/C11H6F6N2/c12-10(13,14)7-1-6(9-4-18-5-19-9)2-8(3-7)11(15,16)17/h1-5H,(H,18,19). The molecule has 1 N–H and O–H groups in total. The van der Waals surface area contributed by atoms with Gasteiger partial charge < -0.3 is 4.98 Å². The highest BCUT2D eigenvalue weighted by Gasteiger charge is 2.37. The molecule has 2 nitrogen and oxygen atoms in total. The number of imidazole rings is 1. The second-order valence-electron chi connectivity index (χ2n) is 3.75. The summed E-state index contributed by atoms with van der Waals surface area (Å²) in [7, 11) is 0. The molecule has 1 aromatic heterocycles. The summed E-state index contributed by atoms with van der Waals surface area (Å²) in [4.78, 5) is 6.11. The fourth-order valence-corrected chi connectivity index (χ4v) is 1.52. The molecule has 0 bridgehead atoms. The lowest BCUT2D eigenvalue weighted by Gasteiger charge is -2.13. The number of alkyl halides is 6. The topological polar surface area (TPSA) is 28.7 Å². The maximum atomic E-state index is 12.6. The number of aromatic nitrogens is 2. The number of aromatic amines is 1. The molecule has 1 heterocycles. The molecular weight excluding hydrogens is 274 g/mol. The van der Waals surface area contributed by atoms with Crippen molar-refractivity contribution in [2.75, 3.05) is 0 Å².